The van der Waals surface area contributed by atoms with Crippen molar-refractivity contribution in [3.8, 4) is 18.2 Å². The van der Waals surface area contributed by atoms with Crippen molar-refractivity contribution in [3.63, 3.8) is 0 Å². The van der Waals surface area contributed by atoms with Crippen LogP contribution >= 0.6 is 11.3 Å². The standard InChI is InChI=1S/C17H14N4S/c18-8-13-11-4-1-2-5-12(11)15(14-6-3-7-22-14)17(9-19,10-20)16(13)21/h3-4,6-7,12,15H,1-2,5,21H2/t12-,15+/m1/s1. The molecule has 0 bridgehead atoms. The SMILES string of the molecule is N#CC1=C(N)C(C#N)(C#N)[C@H](c2cccs2)[C@@H]2CCCC=C12. The van der Waals surface area contributed by atoms with E-state index in [-0.39, 0.29) is 17.5 Å². The summed E-state index contributed by atoms with van der Waals surface area (Å²) in [7, 11) is 0. The van der Waals surface area contributed by atoms with Crippen LogP contribution in [0.5, 0.6) is 0 Å². The maximum Gasteiger partial charge on any atom is 0.192 e. The molecule has 2 atom stereocenters. The van der Waals surface area contributed by atoms with Crippen LogP contribution in [0.4, 0.5) is 0 Å². The maximum absolute atomic E-state index is 9.77. The van der Waals surface area contributed by atoms with Gasteiger partial charge >= 0.3 is 0 Å². The molecule has 1 aromatic rings. The Morgan fingerprint density at radius 3 is 2.64 bits per heavy atom. The summed E-state index contributed by atoms with van der Waals surface area (Å²) in [6.07, 6.45) is 4.84. The van der Waals surface area contributed by atoms with Crippen molar-refractivity contribution in [1.29, 1.82) is 15.8 Å². The van der Waals surface area contributed by atoms with Gasteiger partial charge in [0.2, 0.25) is 0 Å². The zero-order valence-corrected chi connectivity index (χ0v) is 12.7. The van der Waals surface area contributed by atoms with Crippen molar-refractivity contribution in [2.45, 2.75) is 25.2 Å². The summed E-state index contributed by atoms with van der Waals surface area (Å²) in [6.45, 7) is 0. The Morgan fingerprint density at radius 1 is 1.27 bits per heavy atom. The molecular formula is C17H14N4S. The molecular weight excluding hydrogens is 292 g/mol. The Labute approximate surface area is 133 Å². The van der Waals surface area contributed by atoms with Crippen molar-refractivity contribution in [1.82, 2.24) is 0 Å². The van der Waals surface area contributed by atoms with Crippen molar-refractivity contribution in [2.75, 3.05) is 0 Å². The summed E-state index contributed by atoms with van der Waals surface area (Å²) in [5.41, 5.74) is 6.08. The number of hydrogen-bond donors (Lipinski definition) is 1. The smallest absolute Gasteiger partial charge is 0.192 e. The van der Waals surface area contributed by atoms with Crippen LogP contribution < -0.4 is 5.73 Å². The molecule has 5 heteroatoms. The van der Waals surface area contributed by atoms with E-state index in [1.165, 1.54) is 11.3 Å². The minimum absolute atomic E-state index is 0.00801. The number of thiophene rings is 1. The molecule has 1 aromatic heterocycles. The second-order valence-electron chi connectivity index (χ2n) is 5.62. The number of nitrogens with two attached hydrogens (primary N) is 1. The predicted octanol–water partition coefficient (Wildman–Crippen LogP) is 3.34. The summed E-state index contributed by atoms with van der Waals surface area (Å²) in [4.78, 5) is 0.987. The molecule has 108 valence electrons. The fourth-order valence-corrected chi connectivity index (χ4v) is 4.61. The van der Waals surface area contributed by atoms with E-state index in [2.05, 4.69) is 24.3 Å². The van der Waals surface area contributed by atoms with Crippen LogP contribution in [0, 0.1) is 45.3 Å². The third-order valence-electron chi connectivity index (χ3n) is 4.65. The molecule has 0 aliphatic heterocycles. The molecule has 2 aliphatic rings. The number of fused-ring (bicyclic) bond motifs is 1. The van der Waals surface area contributed by atoms with Gasteiger partial charge in [0.25, 0.3) is 0 Å². The summed E-state index contributed by atoms with van der Waals surface area (Å²) < 4.78 is 0. The predicted molar refractivity (Wildman–Crippen MR) is 83.0 cm³/mol. The van der Waals surface area contributed by atoms with Crippen LogP contribution in [0.15, 0.2) is 40.4 Å². The topological polar surface area (TPSA) is 97.4 Å². The largest absolute Gasteiger partial charge is 0.399 e. The van der Waals surface area contributed by atoms with Crippen LogP contribution in [0.2, 0.25) is 0 Å². The van der Waals surface area contributed by atoms with Crippen molar-refractivity contribution in [3.05, 3.63) is 45.3 Å². The highest BCUT2D eigenvalue weighted by atomic mass is 32.1. The van der Waals surface area contributed by atoms with Gasteiger partial charge in [0.1, 0.15) is 6.07 Å². The fraction of sp³-hybridized carbons (Fsp3) is 0.353. The number of allylic oxidation sites excluding steroid dienone is 4. The first-order valence-corrected chi connectivity index (χ1v) is 8.04. The average molecular weight is 306 g/mol. The Morgan fingerprint density at radius 2 is 2.05 bits per heavy atom. The lowest BCUT2D eigenvalue weighted by Gasteiger charge is -2.42. The van der Waals surface area contributed by atoms with Crippen molar-refractivity contribution in [2.24, 2.45) is 17.1 Å². The lowest BCUT2D eigenvalue weighted by Crippen LogP contribution is -2.42. The van der Waals surface area contributed by atoms with Crippen molar-refractivity contribution >= 4 is 11.3 Å². The van der Waals surface area contributed by atoms with Gasteiger partial charge in [-0.05, 0) is 42.2 Å². The van der Waals surface area contributed by atoms with E-state index in [4.69, 9.17) is 5.73 Å². The zero-order valence-electron chi connectivity index (χ0n) is 11.9. The van der Waals surface area contributed by atoms with E-state index in [1.807, 2.05) is 17.5 Å². The highest BCUT2D eigenvalue weighted by molar-refractivity contribution is 7.10. The van der Waals surface area contributed by atoms with Gasteiger partial charge in [-0.15, -0.1) is 11.3 Å². The number of hydrogen-bond acceptors (Lipinski definition) is 5. The number of rotatable bonds is 1. The molecule has 0 fully saturated rings. The van der Waals surface area contributed by atoms with Crippen LogP contribution in [0.25, 0.3) is 0 Å². The van der Waals surface area contributed by atoms with Gasteiger partial charge in [-0.2, -0.15) is 15.8 Å². The maximum atomic E-state index is 9.77. The molecule has 0 saturated carbocycles. The first-order valence-electron chi connectivity index (χ1n) is 7.16. The minimum Gasteiger partial charge on any atom is -0.399 e. The van der Waals surface area contributed by atoms with Crippen LogP contribution in [0.1, 0.15) is 30.1 Å². The summed E-state index contributed by atoms with van der Waals surface area (Å²) in [5.74, 6) is -0.292. The zero-order chi connectivity index (χ0) is 15.7. The quantitative estimate of drug-likeness (QED) is 0.860. The van der Waals surface area contributed by atoms with E-state index in [0.717, 1.165) is 29.7 Å². The summed E-state index contributed by atoms with van der Waals surface area (Å²) in [5, 5.41) is 31.0. The first kappa shape index (κ1) is 14.4. The van der Waals surface area contributed by atoms with Crippen LogP contribution in [0.3, 0.4) is 0 Å². The molecule has 22 heavy (non-hydrogen) atoms. The van der Waals surface area contributed by atoms with Crippen molar-refractivity contribution < 1.29 is 0 Å². The fourth-order valence-electron chi connectivity index (χ4n) is 3.65. The van der Waals surface area contributed by atoms with E-state index in [9.17, 15) is 15.8 Å². The Kier molecular flexibility index (Phi) is 3.49. The second-order valence-corrected chi connectivity index (χ2v) is 6.60. The molecule has 0 amide bonds. The molecule has 3 rings (SSSR count). The molecule has 0 unspecified atom stereocenters. The van der Waals surface area contributed by atoms with E-state index in [0.29, 0.717) is 5.57 Å². The summed E-state index contributed by atoms with van der Waals surface area (Å²) in [6, 6.07) is 10.3. The summed E-state index contributed by atoms with van der Waals surface area (Å²) >= 11 is 1.54. The third-order valence-corrected chi connectivity index (χ3v) is 5.60. The lowest BCUT2D eigenvalue weighted by atomic mass is 9.58. The van der Waals surface area contributed by atoms with Gasteiger partial charge in [0.05, 0.1) is 23.4 Å². The Balaban J connectivity index is 2.33. The Hall–Kier alpha value is -2.55. The van der Waals surface area contributed by atoms with E-state index < -0.39 is 5.41 Å². The van der Waals surface area contributed by atoms with Gasteiger partial charge in [0, 0.05) is 10.8 Å². The van der Waals surface area contributed by atoms with Gasteiger partial charge in [-0.3, -0.25) is 0 Å². The van der Waals surface area contributed by atoms with Crippen LogP contribution in [-0.2, 0) is 0 Å². The third kappa shape index (κ3) is 1.78. The highest BCUT2D eigenvalue weighted by Gasteiger charge is 2.54. The molecule has 4 nitrogen and oxygen atoms in total. The molecule has 1 heterocycles. The van der Waals surface area contributed by atoms with E-state index >= 15 is 0 Å². The second kappa shape index (κ2) is 5.34. The molecule has 2 aliphatic carbocycles. The van der Waals surface area contributed by atoms with Crippen LogP contribution in [-0.4, -0.2) is 0 Å². The highest BCUT2D eigenvalue weighted by Crippen LogP contribution is 2.56. The number of nitrogens with zero attached hydrogens (tertiary/aromatic N) is 3. The van der Waals surface area contributed by atoms with E-state index in [1.54, 1.807) is 0 Å². The van der Waals surface area contributed by atoms with Gasteiger partial charge < -0.3 is 5.73 Å². The molecule has 0 spiro atoms. The monoisotopic (exact) mass is 306 g/mol. The normalized spacial score (nSPS) is 26.1. The van der Waals surface area contributed by atoms with Gasteiger partial charge in [-0.1, -0.05) is 12.1 Å². The lowest BCUT2D eigenvalue weighted by molar-refractivity contribution is 0.321. The number of nitriles is 3. The first-order chi connectivity index (χ1) is 10.7. The molecule has 0 aromatic carbocycles. The molecule has 0 radical (unpaired) electrons. The minimum atomic E-state index is -1.46. The average Bonchev–Trinajstić information content (AvgIpc) is 3.08. The Bertz CT molecular complexity index is 766. The van der Waals surface area contributed by atoms with Gasteiger partial charge in [0.15, 0.2) is 5.41 Å². The molecule has 0 saturated heterocycles. The molecule has 2 N–H and O–H groups in total. The van der Waals surface area contributed by atoms with Gasteiger partial charge in [-0.25, -0.2) is 0 Å².